The van der Waals surface area contributed by atoms with Crippen LogP contribution in [0.5, 0.6) is 0 Å². The highest BCUT2D eigenvalue weighted by Gasteiger charge is 2.18. The first kappa shape index (κ1) is 21.4. The number of benzene rings is 1. The van der Waals surface area contributed by atoms with Gasteiger partial charge in [0.1, 0.15) is 0 Å². The molecule has 8 heteroatoms. The van der Waals surface area contributed by atoms with E-state index in [0.717, 1.165) is 37.5 Å². The number of hydrogen-bond acceptors (Lipinski definition) is 5. The first-order valence-electron chi connectivity index (χ1n) is 7.89. The Labute approximate surface area is 160 Å². The lowest BCUT2D eigenvalue weighted by atomic mass is 10.2. The van der Waals surface area contributed by atoms with Crippen LogP contribution in [0.25, 0.3) is 11.3 Å². The van der Waals surface area contributed by atoms with Crippen molar-refractivity contribution in [3.63, 3.8) is 0 Å². The summed E-state index contributed by atoms with van der Waals surface area (Å²) in [6, 6.07) is 9.88. The van der Waals surface area contributed by atoms with E-state index >= 15 is 0 Å². The molecule has 3 rings (SSSR count). The molecule has 0 radical (unpaired) electrons. The number of nitrogens with one attached hydrogen (secondary N) is 1. The summed E-state index contributed by atoms with van der Waals surface area (Å²) in [6.45, 7) is 4.20. The zero-order chi connectivity index (χ0) is 16.1. The number of aromatic nitrogens is 1. The summed E-state index contributed by atoms with van der Waals surface area (Å²) in [5.74, 6) is 1.53. The van der Waals surface area contributed by atoms with Crippen LogP contribution in [0.3, 0.4) is 0 Å². The van der Waals surface area contributed by atoms with Crippen molar-refractivity contribution in [1.29, 1.82) is 0 Å². The number of rotatable bonds is 5. The standard InChI is InChI=1S/C17H22N4O2.2ClH/c1-20(13-17(22)21-9-7-18-8-10-21)12-16-19-11-15(23-16)14-5-3-2-4-6-14;;/h2-6,11,18H,7-10,12-13H2,1H3;2*1H. The van der Waals surface area contributed by atoms with Crippen LogP contribution < -0.4 is 5.32 Å². The van der Waals surface area contributed by atoms with E-state index in [4.69, 9.17) is 4.42 Å². The number of likely N-dealkylation sites (N-methyl/N-ethyl adjacent to an activating group) is 1. The zero-order valence-corrected chi connectivity index (χ0v) is 15.8. The Hall–Kier alpha value is -1.60. The van der Waals surface area contributed by atoms with Crippen molar-refractivity contribution in [1.82, 2.24) is 20.1 Å². The second-order valence-corrected chi connectivity index (χ2v) is 5.79. The van der Waals surface area contributed by atoms with Gasteiger partial charge >= 0.3 is 0 Å². The van der Waals surface area contributed by atoms with Gasteiger partial charge in [0.2, 0.25) is 11.8 Å². The summed E-state index contributed by atoms with van der Waals surface area (Å²) in [4.78, 5) is 20.4. The molecule has 2 aromatic rings. The van der Waals surface area contributed by atoms with E-state index in [2.05, 4.69) is 10.3 Å². The van der Waals surface area contributed by atoms with Gasteiger partial charge < -0.3 is 14.6 Å². The van der Waals surface area contributed by atoms with Gasteiger partial charge in [0.15, 0.2) is 5.76 Å². The van der Waals surface area contributed by atoms with Crippen LogP contribution in [-0.2, 0) is 11.3 Å². The fraction of sp³-hybridized carbons (Fsp3) is 0.412. The van der Waals surface area contributed by atoms with E-state index in [-0.39, 0.29) is 30.7 Å². The quantitative estimate of drug-likeness (QED) is 0.851. The van der Waals surface area contributed by atoms with Gasteiger partial charge in [0.25, 0.3) is 0 Å². The van der Waals surface area contributed by atoms with Gasteiger partial charge in [-0.05, 0) is 7.05 Å². The molecule has 1 fully saturated rings. The number of carbonyl (C=O) groups is 1. The minimum atomic E-state index is 0. The molecule has 0 aliphatic carbocycles. The smallest absolute Gasteiger partial charge is 0.236 e. The number of halogens is 2. The molecular formula is C17H24Cl2N4O2. The van der Waals surface area contributed by atoms with E-state index in [9.17, 15) is 4.79 Å². The van der Waals surface area contributed by atoms with E-state index in [1.54, 1.807) is 6.20 Å². The number of piperazine rings is 1. The number of hydrogen-bond donors (Lipinski definition) is 1. The van der Waals surface area contributed by atoms with Crippen molar-refractivity contribution < 1.29 is 9.21 Å². The van der Waals surface area contributed by atoms with E-state index in [1.165, 1.54) is 0 Å². The second kappa shape index (κ2) is 10.4. The average Bonchev–Trinajstić information content (AvgIpc) is 3.04. The summed E-state index contributed by atoms with van der Waals surface area (Å²) < 4.78 is 5.78. The maximum absolute atomic E-state index is 12.2. The minimum Gasteiger partial charge on any atom is -0.439 e. The average molecular weight is 387 g/mol. The molecule has 1 aliphatic heterocycles. The Kier molecular flexibility index (Phi) is 8.92. The van der Waals surface area contributed by atoms with Gasteiger partial charge in [-0.3, -0.25) is 9.69 Å². The Morgan fingerprint density at radius 3 is 2.60 bits per heavy atom. The molecule has 1 aromatic heterocycles. The molecule has 2 heterocycles. The van der Waals surface area contributed by atoms with Gasteiger partial charge in [-0.25, -0.2) is 4.98 Å². The fourth-order valence-corrected chi connectivity index (χ4v) is 2.65. The van der Waals surface area contributed by atoms with Crippen LogP contribution in [0, 0.1) is 0 Å². The lowest BCUT2D eigenvalue weighted by Gasteiger charge is -2.29. The first-order valence-corrected chi connectivity index (χ1v) is 7.89. The monoisotopic (exact) mass is 386 g/mol. The molecule has 1 amide bonds. The molecule has 1 saturated heterocycles. The molecule has 0 atom stereocenters. The molecule has 1 aromatic carbocycles. The topological polar surface area (TPSA) is 61.6 Å². The number of oxazole rings is 1. The van der Waals surface area contributed by atoms with Gasteiger partial charge in [-0.1, -0.05) is 30.3 Å². The molecular weight excluding hydrogens is 363 g/mol. The van der Waals surface area contributed by atoms with Gasteiger partial charge in [-0.15, -0.1) is 24.8 Å². The highest BCUT2D eigenvalue weighted by molar-refractivity contribution is 5.85. The number of carbonyl (C=O) groups excluding carboxylic acids is 1. The van der Waals surface area contributed by atoms with Crippen LogP contribution in [0.15, 0.2) is 40.9 Å². The molecule has 0 unspecified atom stereocenters. The normalized spacial score (nSPS) is 13.9. The molecule has 0 spiro atoms. The van der Waals surface area contributed by atoms with Crippen LogP contribution in [0.2, 0.25) is 0 Å². The maximum Gasteiger partial charge on any atom is 0.236 e. The Balaban J connectivity index is 0.00000156. The summed E-state index contributed by atoms with van der Waals surface area (Å²) >= 11 is 0. The summed E-state index contributed by atoms with van der Waals surface area (Å²) in [6.07, 6.45) is 1.73. The minimum absolute atomic E-state index is 0. The zero-order valence-electron chi connectivity index (χ0n) is 14.2. The van der Waals surface area contributed by atoms with Crippen molar-refractivity contribution in [2.24, 2.45) is 0 Å². The summed E-state index contributed by atoms with van der Waals surface area (Å²) in [5.41, 5.74) is 1.01. The van der Waals surface area contributed by atoms with Crippen LogP contribution in [0.1, 0.15) is 5.89 Å². The molecule has 0 saturated carbocycles. The number of amides is 1. The third-order valence-corrected chi connectivity index (χ3v) is 3.89. The van der Waals surface area contributed by atoms with Gasteiger partial charge in [-0.2, -0.15) is 0 Å². The van der Waals surface area contributed by atoms with Crippen molar-refractivity contribution in [3.05, 3.63) is 42.4 Å². The van der Waals surface area contributed by atoms with Crippen LogP contribution in [0.4, 0.5) is 0 Å². The van der Waals surface area contributed by atoms with Gasteiger partial charge in [0, 0.05) is 31.7 Å². The second-order valence-electron chi connectivity index (χ2n) is 5.79. The molecule has 1 aliphatic rings. The van der Waals surface area contributed by atoms with E-state index in [1.807, 2.05) is 47.2 Å². The van der Waals surface area contributed by atoms with E-state index in [0.29, 0.717) is 19.0 Å². The predicted octanol–water partition coefficient (Wildman–Crippen LogP) is 2.05. The molecule has 1 N–H and O–H groups in total. The van der Waals surface area contributed by atoms with E-state index < -0.39 is 0 Å². The van der Waals surface area contributed by atoms with Crippen molar-refractivity contribution >= 4 is 30.7 Å². The lowest BCUT2D eigenvalue weighted by molar-refractivity contribution is -0.132. The molecule has 6 nitrogen and oxygen atoms in total. The number of nitrogens with zero attached hydrogens (tertiary/aromatic N) is 3. The van der Waals surface area contributed by atoms with Crippen molar-refractivity contribution in [2.45, 2.75) is 6.54 Å². The summed E-state index contributed by atoms with van der Waals surface area (Å²) in [7, 11) is 1.91. The SMILES string of the molecule is CN(CC(=O)N1CCNCC1)Cc1ncc(-c2ccccc2)o1.Cl.Cl. The molecule has 0 bridgehead atoms. The van der Waals surface area contributed by atoms with Crippen molar-refractivity contribution in [2.75, 3.05) is 39.8 Å². The predicted molar refractivity (Wildman–Crippen MR) is 102 cm³/mol. The van der Waals surface area contributed by atoms with Crippen molar-refractivity contribution in [3.8, 4) is 11.3 Å². The Morgan fingerprint density at radius 1 is 1.24 bits per heavy atom. The third-order valence-electron chi connectivity index (χ3n) is 3.89. The highest BCUT2D eigenvalue weighted by atomic mass is 35.5. The van der Waals surface area contributed by atoms with Crippen LogP contribution in [-0.4, -0.2) is 60.5 Å². The van der Waals surface area contributed by atoms with Gasteiger partial charge in [0.05, 0.1) is 19.3 Å². The third kappa shape index (κ3) is 6.01. The highest BCUT2D eigenvalue weighted by Crippen LogP contribution is 2.20. The Morgan fingerprint density at radius 2 is 1.92 bits per heavy atom. The molecule has 138 valence electrons. The lowest BCUT2D eigenvalue weighted by Crippen LogP contribution is -2.49. The summed E-state index contributed by atoms with van der Waals surface area (Å²) in [5, 5.41) is 3.25. The van der Waals surface area contributed by atoms with Crippen LogP contribution >= 0.6 is 24.8 Å². The first-order chi connectivity index (χ1) is 11.2. The fourth-order valence-electron chi connectivity index (χ4n) is 2.65. The largest absolute Gasteiger partial charge is 0.439 e. The Bertz CT molecular complexity index is 645. The maximum atomic E-state index is 12.2. The molecule has 25 heavy (non-hydrogen) atoms.